The summed E-state index contributed by atoms with van der Waals surface area (Å²) in [6.07, 6.45) is 1.99. The zero-order valence-corrected chi connectivity index (χ0v) is 12.2. The second kappa shape index (κ2) is 7.90. The molecule has 0 fully saturated rings. The summed E-state index contributed by atoms with van der Waals surface area (Å²) in [6, 6.07) is 5.89. The van der Waals surface area contributed by atoms with E-state index in [4.69, 9.17) is 10.7 Å². The van der Waals surface area contributed by atoms with Gasteiger partial charge >= 0.3 is 0 Å². The summed E-state index contributed by atoms with van der Waals surface area (Å²) in [5.41, 5.74) is 0.248. The normalized spacial score (nSPS) is 10.0. The molecule has 0 aliphatic carbocycles. The molecule has 6 heteroatoms. The first-order valence-electron chi connectivity index (χ1n) is 6.88. The van der Waals surface area contributed by atoms with Crippen LogP contribution in [-0.2, 0) is 0 Å². The molecule has 0 bridgehead atoms. The average Bonchev–Trinajstić information content (AvgIpc) is 2.48. The van der Waals surface area contributed by atoms with Crippen LogP contribution in [0, 0.1) is 22.7 Å². The van der Waals surface area contributed by atoms with Crippen LogP contribution in [0.2, 0.25) is 0 Å². The molecule has 4 N–H and O–H groups in total. The summed E-state index contributed by atoms with van der Waals surface area (Å²) in [5.74, 6) is -0.517. The van der Waals surface area contributed by atoms with Gasteiger partial charge in [0.05, 0.1) is 17.2 Å². The predicted molar refractivity (Wildman–Crippen MR) is 80.1 cm³/mol. The van der Waals surface area contributed by atoms with Crippen LogP contribution in [0.15, 0.2) is 18.2 Å². The van der Waals surface area contributed by atoms with E-state index in [1.807, 2.05) is 6.07 Å². The first-order valence-corrected chi connectivity index (χ1v) is 6.88. The number of hydrogen-bond acceptors (Lipinski definition) is 4. The van der Waals surface area contributed by atoms with E-state index in [1.54, 1.807) is 0 Å². The highest BCUT2D eigenvalue weighted by molar-refractivity contribution is 6.06. The van der Waals surface area contributed by atoms with Gasteiger partial charge in [0.25, 0.3) is 5.91 Å². The van der Waals surface area contributed by atoms with E-state index in [9.17, 15) is 9.90 Å². The van der Waals surface area contributed by atoms with E-state index in [-0.39, 0.29) is 22.8 Å². The Labute approximate surface area is 124 Å². The quantitative estimate of drug-likeness (QED) is 0.490. The number of phenolic OH excluding ortho intramolecular Hbond substituents is 1. The molecule has 112 valence electrons. The largest absolute Gasteiger partial charge is 0.507 e. The van der Waals surface area contributed by atoms with Gasteiger partial charge in [-0.15, -0.1) is 0 Å². The number of benzene rings is 1. The Hall–Kier alpha value is -2.55. The number of carbonyl (C=O) groups is 1. The highest BCUT2D eigenvalue weighted by Gasteiger charge is 2.14. The maximum absolute atomic E-state index is 12.0. The standard InChI is InChI=1S/C15H20N4O2/c1-3-10(4-2)9-18-15(17)19-14(21)12-7-11(8-16)5-6-13(12)20/h5-7,10,20H,3-4,9H2,1-2H3,(H3,17,18,19,21). The fourth-order valence-corrected chi connectivity index (χ4v) is 1.84. The lowest BCUT2D eigenvalue weighted by Crippen LogP contribution is -2.42. The van der Waals surface area contributed by atoms with Gasteiger partial charge in [-0.2, -0.15) is 5.26 Å². The number of nitriles is 1. The zero-order chi connectivity index (χ0) is 15.8. The Morgan fingerprint density at radius 2 is 2.10 bits per heavy atom. The fraction of sp³-hybridized carbons (Fsp3) is 0.400. The van der Waals surface area contributed by atoms with Crippen molar-refractivity contribution in [3.63, 3.8) is 0 Å². The minimum atomic E-state index is -0.619. The highest BCUT2D eigenvalue weighted by Crippen LogP contribution is 2.17. The smallest absolute Gasteiger partial charge is 0.261 e. The Morgan fingerprint density at radius 1 is 1.43 bits per heavy atom. The fourth-order valence-electron chi connectivity index (χ4n) is 1.84. The van der Waals surface area contributed by atoms with Crippen molar-refractivity contribution in [1.82, 2.24) is 10.6 Å². The molecule has 0 spiro atoms. The van der Waals surface area contributed by atoms with Crippen molar-refractivity contribution in [3.05, 3.63) is 29.3 Å². The summed E-state index contributed by atoms with van der Waals surface area (Å²) >= 11 is 0. The van der Waals surface area contributed by atoms with Gasteiger partial charge in [0.2, 0.25) is 0 Å². The lowest BCUT2D eigenvalue weighted by atomic mass is 10.0. The molecule has 0 radical (unpaired) electrons. The molecule has 6 nitrogen and oxygen atoms in total. The number of aromatic hydroxyl groups is 1. The van der Waals surface area contributed by atoms with E-state index in [0.717, 1.165) is 12.8 Å². The van der Waals surface area contributed by atoms with Crippen LogP contribution in [0.3, 0.4) is 0 Å². The highest BCUT2D eigenvalue weighted by atomic mass is 16.3. The van der Waals surface area contributed by atoms with Crippen molar-refractivity contribution in [1.29, 1.82) is 10.7 Å². The lowest BCUT2D eigenvalue weighted by Gasteiger charge is -2.15. The Kier molecular flexibility index (Phi) is 6.21. The summed E-state index contributed by atoms with van der Waals surface area (Å²) in [7, 11) is 0. The van der Waals surface area contributed by atoms with Crippen LogP contribution in [0.5, 0.6) is 5.75 Å². The van der Waals surface area contributed by atoms with Gasteiger partial charge in [0, 0.05) is 6.54 Å². The van der Waals surface area contributed by atoms with Gasteiger partial charge < -0.3 is 10.4 Å². The minimum absolute atomic E-state index is 0.0249. The average molecular weight is 288 g/mol. The summed E-state index contributed by atoms with van der Waals surface area (Å²) < 4.78 is 0. The molecule has 0 unspecified atom stereocenters. The van der Waals surface area contributed by atoms with Gasteiger partial charge in [0.1, 0.15) is 5.75 Å². The number of rotatable bonds is 5. The molecule has 0 atom stereocenters. The number of guanidine groups is 1. The van der Waals surface area contributed by atoms with Gasteiger partial charge in [-0.25, -0.2) is 0 Å². The molecule has 1 aromatic rings. The first kappa shape index (κ1) is 16.5. The van der Waals surface area contributed by atoms with E-state index in [0.29, 0.717) is 12.5 Å². The molecule has 0 saturated carbocycles. The summed E-state index contributed by atoms with van der Waals surface area (Å²) in [5, 5.41) is 31.3. The second-order valence-electron chi connectivity index (χ2n) is 4.74. The van der Waals surface area contributed by atoms with Gasteiger partial charge in [-0.1, -0.05) is 26.7 Å². The molecular formula is C15H20N4O2. The van der Waals surface area contributed by atoms with Crippen LogP contribution >= 0.6 is 0 Å². The monoisotopic (exact) mass is 288 g/mol. The Morgan fingerprint density at radius 3 is 2.67 bits per heavy atom. The number of carbonyl (C=O) groups excluding carboxylic acids is 1. The van der Waals surface area contributed by atoms with Crippen LogP contribution in [0.1, 0.15) is 42.6 Å². The third-order valence-corrected chi connectivity index (χ3v) is 3.33. The first-order chi connectivity index (χ1) is 10.0. The number of amides is 1. The maximum Gasteiger partial charge on any atom is 0.261 e. The molecule has 0 aliphatic heterocycles. The van der Waals surface area contributed by atoms with Gasteiger partial charge in [-0.05, 0) is 24.1 Å². The van der Waals surface area contributed by atoms with Crippen LogP contribution < -0.4 is 10.6 Å². The van der Waals surface area contributed by atoms with Crippen molar-refractivity contribution in [3.8, 4) is 11.8 Å². The molecule has 1 aromatic carbocycles. The third kappa shape index (κ3) is 4.80. The lowest BCUT2D eigenvalue weighted by molar-refractivity contribution is 0.0973. The number of hydrogen-bond donors (Lipinski definition) is 4. The van der Waals surface area contributed by atoms with Crippen LogP contribution in [-0.4, -0.2) is 23.5 Å². The van der Waals surface area contributed by atoms with Gasteiger partial charge in [-0.3, -0.25) is 15.5 Å². The van der Waals surface area contributed by atoms with Crippen molar-refractivity contribution >= 4 is 11.9 Å². The molecule has 1 amide bonds. The van der Waals surface area contributed by atoms with E-state index >= 15 is 0 Å². The predicted octanol–water partition coefficient (Wildman–Crippen LogP) is 1.95. The molecule has 21 heavy (non-hydrogen) atoms. The van der Waals surface area contributed by atoms with Crippen molar-refractivity contribution in [2.75, 3.05) is 6.54 Å². The molecule has 0 aliphatic rings. The van der Waals surface area contributed by atoms with Crippen LogP contribution in [0.25, 0.3) is 0 Å². The van der Waals surface area contributed by atoms with Gasteiger partial charge in [0.15, 0.2) is 5.96 Å². The van der Waals surface area contributed by atoms with Crippen LogP contribution in [0.4, 0.5) is 0 Å². The number of nitrogens with zero attached hydrogens (tertiary/aromatic N) is 1. The third-order valence-electron chi connectivity index (χ3n) is 3.33. The SMILES string of the molecule is CCC(CC)CNC(=N)NC(=O)c1cc(C#N)ccc1O. The summed E-state index contributed by atoms with van der Waals surface area (Å²) in [4.78, 5) is 12.0. The Bertz CT molecular complexity index is 559. The number of nitrogens with one attached hydrogen (secondary N) is 3. The maximum atomic E-state index is 12.0. The van der Waals surface area contributed by atoms with Crippen molar-refractivity contribution in [2.24, 2.45) is 5.92 Å². The molecule has 0 saturated heterocycles. The second-order valence-corrected chi connectivity index (χ2v) is 4.74. The van der Waals surface area contributed by atoms with Crippen molar-refractivity contribution < 1.29 is 9.90 Å². The molecule has 0 aromatic heterocycles. The minimum Gasteiger partial charge on any atom is -0.507 e. The Balaban J connectivity index is 2.65. The van der Waals surface area contributed by atoms with E-state index < -0.39 is 5.91 Å². The topological polar surface area (TPSA) is 109 Å². The van der Waals surface area contributed by atoms with Crippen molar-refractivity contribution in [2.45, 2.75) is 26.7 Å². The zero-order valence-electron chi connectivity index (χ0n) is 12.2. The summed E-state index contributed by atoms with van der Waals surface area (Å²) in [6.45, 7) is 4.75. The molecule has 1 rings (SSSR count). The molecular weight excluding hydrogens is 268 g/mol. The van der Waals surface area contributed by atoms with E-state index in [2.05, 4.69) is 24.5 Å². The molecule has 0 heterocycles. The number of phenols is 1. The van der Waals surface area contributed by atoms with E-state index in [1.165, 1.54) is 18.2 Å².